The van der Waals surface area contributed by atoms with Crippen molar-refractivity contribution < 1.29 is 9.18 Å². The first-order chi connectivity index (χ1) is 11.5. The molecule has 0 spiro atoms. The molecule has 1 saturated heterocycles. The van der Waals surface area contributed by atoms with Crippen molar-refractivity contribution in [2.75, 3.05) is 33.2 Å². The van der Waals surface area contributed by atoms with Crippen LogP contribution in [-0.2, 0) is 6.54 Å². The summed E-state index contributed by atoms with van der Waals surface area (Å²) in [6, 6.07) is 11.6. The van der Waals surface area contributed by atoms with E-state index in [-0.39, 0.29) is 16.4 Å². The fourth-order valence-electron chi connectivity index (χ4n) is 2.90. The molecular weight excluding hydrogens is 327 g/mol. The maximum Gasteiger partial charge on any atom is 0.195 e. The number of likely N-dealkylation sites (N-methyl/N-ethyl adjacent to an activating group) is 1. The third-order valence-corrected chi connectivity index (χ3v) is 4.60. The number of rotatable bonds is 4. The molecule has 5 heteroatoms. The van der Waals surface area contributed by atoms with Crippen molar-refractivity contribution >= 4 is 17.4 Å². The molecule has 0 N–H and O–H groups in total. The number of nitrogens with zero attached hydrogens (tertiary/aromatic N) is 2. The molecule has 3 rings (SSSR count). The Balaban J connectivity index is 1.76. The van der Waals surface area contributed by atoms with E-state index < -0.39 is 5.82 Å². The highest BCUT2D eigenvalue weighted by molar-refractivity contribution is 6.30. The van der Waals surface area contributed by atoms with Gasteiger partial charge in [0.05, 0.1) is 5.56 Å². The fourth-order valence-corrected chi connectivity index (χ4v) is 3.06. The summed E-state index contributed by atoms with van der Waals surface area (Å²) in [7, 11) is 2.12. The Kier molecular flexibility index (Phi) is 5.29. The maximum atomic E-state index is 14.0. The van der Waals surface area contributed by atoms with Crippen LogP contribution in [0.5, 0.6) is 0 Å². The van der Waals surface area contributed by atoms with Crippen molar-refractivity contribution in [3.05, 3.63) is 70.0 Å². The number of hydrogen-bond donors (Lipinski definition) is 0. The van der Waals surface area contributed by atoms with Gasteiger partial charge >= 0.3 is 0 Å². The van der Waals surface area contributed by atoms with Gasteiger partial charge in [0.15, 0.2) is 5.78 Å². The van der Waals surface area contributed by atoms with Crippen molar-refractivity contribution in [2.45, 2.75) is 6.54 Å². The van der Waals surface area contributed by atoms with E-state index in [9.17, 15) is 9.18 Å². The average molecular weight is 347 g/mol. The van der Waals surface area contributed by atoms with E-state index in [4.69, 9.17) is 11.6 Å². The third-order valence-electron chi connectivity index (χ3n) is 4.37. The SMILES string of the molecule is CN1CCN(Cc2cccc(C(=O)c3ccc(Cl)cc3F)c2)CC1. The van der Waals surface area contributed by atoms with Crippen LogP contribution in [0.15, 0.2) is 42.5 Å². The molecule has 0 aliphatic carbocycles. The van der Waals surface area contributed by atoms with Gasteiger partial charge in [-0.3, -0.25) is 9.69 Å². The molecule has 1 heterocycles. The van der Waals surface area contributed by atoms with Crippen LogP contribution < -0.4 is 0 Å². The Labute approximate surface area is 146 Å². The summed E-state index contributed by atoms with van der Waals surface area (Å²) < 4.78 is 14.0. The first-order valence-corrected chi connectivity index (χ1v) is 8.40. The second kappa shape index (κ2) is 7.43. The molecule has 0 amide bonds. The Morgan fingerprint density at radius 3 is 2.58 bits per heavy atom. The Morgan fingerprint density at radius 2 is 1.88 bits per heavy atom. The summed E-state index contributed by atoms with van der Waals surface area (Å²) in [5.41, 5.74) is 1.62. The van der Waals surface area contributed by atoms with Crippen molar-refractivity contribution in [1.29, 1.82) is 0 Å². The van der Waals surface area contributed by atoms with E-state index in [2.05, 4.69) is 16.8 Å². The van der Waals surface area contributed by atoms with Crippen LogP contribution in [0.4, 0.5) is 4.39 Å². The molecule has 2 aromatic carbocycles. The predicted molar refractivity (Wildman–Crippen MR) is 94.1 cm³/mol. The molecule has 0 saturated carbocycles. The van der Waals surface area contributed by atoms with Gasteiger partial charge in [-0.05, 0) is 36.9 Å². The number of ketones is 1. The summed E-state index contributed by atoms with van der Waals surface area (Å²) in [5, 5.41) is 0.285. The third kappa shape index (κ3) is 4.01. The minimum absolute atomic E-state index is 0.0520. The van der Waals surface area contributed by atoms with Crippen molar-refractivity contribution in [2.24, 2.45) is 0 Å². The van der Waals surface area contributed by atoms with Crippen LogP contribution in [0, 0.1) is 5.82 Å². The molecule has 1 fully saturated rings. The Hall–Kier alpha value is -1.75. The zero-order valence-corrected chi connectivity index (χ0v) is 14.4. The molecule has 0 bridgehead atoms. The number of carbonyl (C=O) groups is 1. The van der Waals surface area contributed by atoms with Crippen LogP contribution in [0.2, 0.25) is 5.02 Å². The molecule has 1 aliphatic heterocycles. The molecule has 0 unspecified atom stereocenters. The lowest BCUT2D eigenvalue weighted by Gasteiger charge is -2.32. The lowest BCUT2D eigenvalue weighted by Crippen LogP contribution is -2.43. The average Bonchev–Trinajstić information content (AvgIpc) is 2.57. The maximum absolute atomic E-state index is 14.0. The number of hydrogen-bond acceptors (Lipinski definition) is 3. The zero-order valence-electron chi connectivity index (χ0n) is 13.6. The molecule has 0 atom stereocenters. The highest BCUT2D eigenvalue weighted by atomic mass is 35.5. The highest BCUT2D eigenvalue weighted by Crippen LogP contribution is 2.19. The second-order valence-electron chi connectivity index (χ2n) is 6.23. The standard InChI is InChI=1S/C19H20ClFN2O/c1-22-7-9-23(10-8-22)13-14-3-2-4-15(11-14)19(24)17-6-5-16(20)12-18(17)21/h2-6,11-12H,7-10,13H2,1H3. The van der Waals surface area contributed by atoms with Crippen molar-refractivity contribution in [3.63, 3.8) is 0 Å². The van der Waals surface area contributed by atoms with Crippen LogP contribution >= 0.6 is 11.6 Å². The van der Waals surface area contributed by atoms with Crippen molar-refractivity contribution in [3.8, 4) is 0 Å². The topological polar surface area (TPSA) is 23.6 Å². The predicted octanol–water partition coefficient (Wildman–Crippen LogP) is 3.46. The molecule has 24 heavy (non-hydrogen) atoms. The zero-order chi connectivity index (χ0) is 17.1. The van der Waals surface area contributed by atoms with Crippen LogP contribution in [0.25, 0.3) is 0 Å². The van der Waals surface area contributed by atoms with E-state index in [1.54, 1.807) is 6.07 Å². The van der Waals surface area contributed by atoms with E-state index in [1.807, 2.05) is 18.2 Å². The van der Waals surface area contributed by atoms with E-state index in [0.29, 0.717) is 5.56 Å². The van der Waals surface area contributed by atoms with Crippen molar-refractivity contribution in [1.82, 2.24) is 9.80 Å². The summed E-state index contributed by atoms with van der Waals surface area (Å²) in [6.45, 7) is 4.93. The van der Waals surface area contributed by atoms with Gasteiger partial charge in [0.25, 0.3) is 0 Å². The van der Waals surface area contributed by atoms with Gasteiger partial charge in [-0.25, -0.2) is 4.39 Å². The summed E-state index contributed by atoms with van der Waals surface area (Å²) in [5.74, 6) is -0.902. The summed E-state index contributed by atoms with van der Waals surface area (Å²) in [6.07, 6.45) is 0. The van der Waals surface area contributed by atoms with Gasteiger partial charge in [-0.1, -0.05) is 29.8 Å². The van der Waals surface area contributed by atoms with Gasteiger partial charge in [0.2, 0.25) is 0 Å². The first kappa shape index (κ1) is 17.1. The molecular formula is C19H20ClFN2O. The highest BCUT2D eigenvalue weighted by Gasteiger charge is 2.17. The van der Waals surface area contributed by atoms with E-state index >= 15 is 0 Å². The fraction of sp³-hybridized carbons (Fsp3) is 0.316. The van der Waals surface area contributed by atoms with Crippen LogP contribution in [-0.4, -0.2) is 48.8 Å². The lowest BCUT2D eigenvalue weighted by atomic mass is 10.0. The van der Waals surface area contributed by atoms with Crippen LogP contribution in [0.3, 0.4) is 0 Å². The minimum atomic E-state index is -0.586. The van der Waals surface area contributed by atoms with Gasteiger partial charge < -0.3 is 4.90 Å². The molecule has 3 nitrogen and oxygen atoms in total. The first-order valence-electron chi connectivity index (χ1n) is 8.02. The lowest BCUT2D eigenvalue weighted by molar-refractivity contribution is 0.103. The minimum Gasteiger partial charge on any atom is -0.304 e. The van der Waals surface area contributed by atoms with Gasteiger partial charge in [0.1, 0.15) is 5.82 Å². The van der Waals surface area contributed by atoms with Gasteiger partial charge in [0, 0.05) is 43.3 Å². The number of benzene rings is 2. The quantitative estimate of drug-likeness (QED) is 0.792. The second-order valence-corrected chi connectivity index (χ2v) is 6.67. The van der Waals surface area contributed by atoms with E-state index in [1.165, 1.54) is 18.2 Å². The summed E-state index contributed by atoms with van der Waals surface area (Å²) in [4.78, 5) is 17.2. The largest absolute Gasteiger partial charge is 0.304 e. The molecule has 0 radical (unpaired) electrons. The number of halogens is 2. The van der Waals surface area contributed by atoms with E-state index in [0.717, 1.165) is 38.3 Å². The molecule has 1 aliphatic rings. The number of piperazine rings is 1. The normalized spacial score (nSPS) is 16.3. The monoisotopic (exact) mass is 346 g/mol. The number of carbonyl (C=O) groups excluding carboxylic acids is 1. The van der Waals surface area contributed by atoms with Crippen LogP contribution in [0.1, 0.15) is 21.5 Å². The molecule has 0 aromatic heterocycles. The Bertz CT molecular complexity index is 742. The smallest absolute Gasteiger partial charge is 0.195 e. The molecule has 2 aromatic rings. The van der Waals surface area contributed by atoms with Gasteiger partial charge in [-0.15, -0.1) is 0 Å². The molecule has 126 valence electrons. The van der Waals surface area contributed by atoms with Gasteiger partial charge in [-0.2, -0.15) is 0 Å². The summed E-state index contributed by atoms with van der Waals surface area (Å²) >= 11 is 5.75. The Morgan fingerprint density at radius 1 is 1.12 bits per heavy atom.